The molecular formula is C58H58N2Si. The highest BCUT2D eigenvalue weighted by Crippen LogP contribution is 2.60. The SMILES string of the molecule is C[Si]1(C)c2ccccc2-c2cccc(CN(c3ccccc3)c3ccc(C4(c5ccc(N(c6ccccc6)c6ccc(C7CCCCC7)cc6)cc5)CC5CCC4C5)cc3)c21. The number of rotatable bonds is 10. The van der Waals surface area contributed by atoms with Gasteiger partial charge in [0.2, 0.25) is 0 Å². The van der Waals surface area contributed by atoms with Gasteiger partial charge in [-0.05, 0) is 154 Å². The molecule has 2 bridgehead atoms. The van der Waals surface area contributed by atoms with Crippen molar-refractivity contribution in [2.24, 2.45) is 11.8 Å². The zero-order valence-electron chi connectivity index (χ0n) is 35.9. The van der Waals surface area contributed by atoms with E-state index in [4.69, 9.17) is 0 Å². The fraction of sp³-hybridized carbons (Fsp3) is 0.276. The molecule has 3 saturated carbocycles. The second kappa shape index (κ2) is 15.7. The molecule has 3 aliphatic carbocycles. The molecule has 7 aromatic carbocycles. The lowest BCUT2D eigenvalue weighted by molar-refractivity contribution is 0.320. The number of hydrogen-bond donors (Lipinski definition) is 0. The Morgan fingerprint density at radius 3 is 1.70 bits per heavy atom. The molecule has 11 rings (SSSR count). The highest BCUT2D eigenvalue weighted by molar-refractivity contribution is 7.04. The van der Waals surface area contributed by atoms with Crippen LogP contribution in [0.2, 0.25) is 13.1 Å². The summed E-state index contributed by atoms with van der Waals surface area (Å²) in [6, 6.07) is 67.3. The van der Waals surface area contributed by atoms with Crippen molar-refractivity contribution in [3.05, 3.63) is 198 Å². The van der Waals surface area contributed by atoms with Gasteiger partial charge in [-0.15, -0.1) is 0 Å². The number of nitrogens with zero attached hydrogens (tertiary/aromatic N) is 2. The number of anilines is 5. The van der Waals surface area contributed by atoms with Crippen molar-refractivity contribution in [2.45, 2.75) is 88.8 Å². The number of para-hydroxylation sites is 2. The third-order valence-corrected chi connectivity index (χ3v) is 19.1. The molecule has 304 valence electrons. The van der Waals surface area contributed by atoms with E-state index in [0.29, 0.717) is 11.8 Å². The van der Waals surface area contributed by atoms with Crippen LogP contribution in [0.15, 0.2) is 176 Å². The van der Waals surface area contributed by atoms with E-state index in [1.54, 1.807) is 10.4 Å². The zero-order valence-corrected chi connectivity index (χ0v) is 36.9. The molecule has 0 aromatic heterocycles. The van der Waals surface area contributed by atoms with Crippen LogP contribution in [0.5, 0.6) is 0 Å². The van der Waals surface area contributed by atoms with Crippen molar-refractivity contribution < 1.29 is 0 Å². The van der Waals surface area contributed by atoms with Gasteiger partial charge < -0.3 is 9.80 Å². The normalized spacial score (nSPS) is 21.2. The summed E-state index contributed by atoms with van der Waals surface area (Å²) in [6.45, 7) is 5.92. The van der Waals surface area contributed by atoms with Crippen molar-refractivity contribution in [1.29, 1.82) is 0 Å². The van der Waals surface area contributed by atoms with Crippen LogP contribution in [0, 0.1) is 11.8 Å². The fourth-order valence-corrected chi connectivity index (χ4v) is 16.1. The highest BCUT2D eigenvalue weighted by atomic mass is 28.3. The fourth-order valence-electron chi connectivity index (χ4n) is 12.6. The van der Waals surface area contributed by atoms with Crippen LogP contribution in [0.3, 0.4) is 0 Å². The summed E-state index contributed by atoms with van der Waals surface area (Å²) >= 11 is 0. The summed E-state index contributed by atoms with van der Waals surface area (Å²) in [7, 11) is -1.87. The smallest absolute Gasteiger partial charge is 0.114 e. The van der Waals surface area contributed by atoms with Gasteiger partial charge in [-0.3, -0.25) is 0 Å². The molecule has 61 heavy (non-hydrogen) atoms. The summed E-state index contributed by atoms with van der Waals surface area (Å²) in [5, 5.41) is 3.16. The molecule has 1 heterocycles. The van der Waals surface area contributed by atoms with Crippen molar-refractivity contribution in [1.82, 2.24) is 0 Å². The van der Waals surface area contributed by atoms with E-state index in [2.05, 4.69) is 199 Å². The second-order valence-corrected chi connectivity index (χ2v) is 23.5. The van der Waals surface area contributed by atoms with Gasteiger partial charge in [-0.2, -0.15) is 0 Å². The van der Waals surface area contributed by atoms with Gasteiger partial charge in [-0.1, -0.05) is 154 Å². The molecule has 1 aliphatic heterocycles. The molecular weight excluding hydrogens is 753 g/mol. The van der Waals surface area contributed by atoms with E-state index < -0.39 is 8.07 Å². The van der Waals surface area contributed by atoms with Gasteiger partial charge in [0.1, 0.15) is 8.07 Å². The first-order valence-electron chi connectivity index (χ1n) is 23.2. The summed E-state index contributed by atoms with van der Waals surface area (Å²) in [6.07, 6.45) is 12.0. The minimum absolute atomic E-state index is 0.0262. The lowest BCUT2D eigenvalue weighted by Gasteiger charge is -2.40. The monoisotopic (exact) mass is 810 g/mol. The summed E-state index contributed by atoms with van der Waals surface area (Å²) in [4.78, 5) is 4.99. The molecule has 3 heteroatoms. The van der Waals surface area contributed by atoms with Crippen molar-refractivity contribution in [3.8, 4) is 11.1 Å². The van der Waals surface area contributed by atoms with E-state index in [1.807, 2.05) is 0 Å². The predicted molar refractivity (Wildman–Crippen MR) is 261 cm³/mol. The minimum Gasteiger partial charge on any atom is -0.337 e. The highest BCUT2D eigenvalue weighted by Gasteiger charge is 2.52. The summed E-state index contributed by atoms with van der Waals surface area (Å²) < 4.78 is 0. The average Bonchev–Trinajstić information content (AvgIpc) is 4.01. The second-order valence-electron chi connectivity index (χ2n) is 19.2. The van der Waals surface area contributed by atoms with Crippen molar-refractivity contribution >= 4 is 46.9 Å². The molecule has 0 amide bonds. The molecule has 0 spiro atoms. The maximum atomic E-state index is 2.55. The standard InChI is InChI=1S/C58H58N2Si/c1-61(2)56-24-13-12-22-54(56)55-23-14-17-45(57(55)61)41-59(49-18-8-4-9-19-49)50-35-29-46(30-36-50)58(40-42-25-28-48(58)39-42)47-31-37-53(38-32-47)60(51-20-10-5-11-21-51)52-33-26-44(27-34-52)43-15-6-3-7-16-43/h4-5,8-14,17-24,26-27,29-38,42-43,48H,3,6-7,15-16,25,28,39-41H2,1-2H3. The van der Waals surface area contributed by atoms with Crippen LogP contribution in [0.4, 0.5) is 28.4 Å². The molecule has 3 unspecified atom stereocenters. The topological polar surface area (TPSA) is 6.48 Å². The first kappa shape index (κ1) is 38.3. The number of hydrogen-bond acceptors (Lipinski definition) is 2. The van der Waals surface area contributed by atoms with Gasteiger partial charge in [0.25, 0.3) is 0 Å². The van der Waals surface area contributed by atoms with Crippen LogP contribution in [0.25, 0.3) is 11.1 Å². The lowest BCUT2D eigenvalue weighted by atomic mass is 9.64. The van der Waals surface area contributed by atoms with E-state index in [9.17, 15) is 0 Å². The van der Waals surface area contributed by atoms with Gasteiger partial charge in [-0.25, -0.2) is 0 Å². The quantitative estimate of drug-likeness (QED) is 0.127. The molecule has 2 nitrogen and oxygen atoms in total. The molecule has 3 atom stereocenters. The Morgan fingerprint density at radius 1 is 0.508 bits per heavy atom. The Hall–Kier alpha value is -5.64. The third-order valence-electron chi connectivity index (χ3n) is 15.5. The van der Waals surface area contributed by atoms with Gasteiger partial charge in [0.05, 0.1) is 0 Å². The Kier molecular flexibility index (Phi) is 9.84. The first-order valence-corrected chi connectivity index (χ1v) is 26.2. The summed E-state index contributed by atoms with van der Waals surface area (Å²) in [5.41, 5.74) is 14.9. The Labute approximate surface area is 364 Å². The van der Waals surface area contributed by atoms with Crippen LogP contribution in [-0.4, -0.2) is 8.07 Å². The van der Waals surface area contributed by atoms with E-state index >= 15 is 0 Å². The number of fused-ring (bicyclic) bond motifs is 5. The van der Waals surface area contributed by atoms with Crippen LogP contribution in [-0.2, 0) is 12.0 Å². The third kappa shape index (κ3) is 6.68. The predicted octanol–water partition coefficient (Wildman–Crippen LogP) is 14.5. The maximum Gasteiger partial charge on any atom is 0.114 e. The van der Waals surface area contributed by atoms with Gasteiger partial charge in [0.15, 0.2) is 0 Å². The summed E-state index contributed by atoms with van der Waals surface area (Å²) in [5.74, 6) is 2.17. The Balaban J connectivity index is 0.932. The zero-order chi connectivity index (χ0) is 41.0. The van der Waals surface area contributed by atoms with Crippen molar-refractivity contribution in [2.75, 3.05) is 9.80 Å². The Morgan fingerprint density at radius 2 is 1.07 bits per heavy atom. The molecule has 0 radical (unpaired) electrons. The minimum atomic E-state index is -1.87. The largest absolute Gasteiger partial charge is 0.337 e. The first-order chi connectivity index (χ1) is 30.0. The van der Waals surface area contributed by atoms with Crippen LogP contribution < -0.4 is 20.2 Å². The van der Waals surface area contributed by atoms with Gasteiger partial charge in [0, 0.05) is 40.4 Å². The Bertz CT molecular complexity index is 2630. The molecule has 0 saturated heterocycles. The average molecular weight is 811 g/mol. The van der Waals surface area contributed by atoms with E-state index in [-0.39, 0.29) is 5.41 Å². The molecule has 0 N–H and O–H groups in total. The van der Waals surface area contributed by atoms with Crippen LogP contribution >= 0.6 is 0 Å². The van der Waals surface area contributed by atoms with Crippen molar-refractivity contribution in [3.63, 3.8) is 0 Å². The van der Waals surface area contributed by atoms with Crippen LogP contribution in [0.1, 0.15) is 86.0 Å². The number of benzene rings is 7. The van der Waals surface area contributed by atoms with E-state index in [0.717, 1.165) is 12.5 Å². The van der Waals surface area contributed by atoms with Gasteiger partial charge >= 0.3 is 0 Å². The van der Waals surface area contributed by atoms with E-state index in [1.165, 1.54) is 120 Å². The molecule has 3 fully saturated rings. The lowest BCUT2D eigenvalue weighted by Crippen LogP contribution is -2.51. The molecule has 7 aromatic rings. The maximum absolute atomic E-state index is 2.55. The molecule has 4 aliphatic rings.